The fourth-order valence-electron chi connectivity index (χ4n) is 2.82. The predicted molar refractivity (Wildman–Crippen MR) is 89.6 cm³/mol. The number of benzene rings is 1. The highest BCUT2D eigenvalue weighted by atomic mass is 16.7. The first-order valence-corrected chi connectivity index (χ1v) is 8.23. The minimum Gasteiger partial charge on any atom is -0.385 e. The number of hydrogen-bond donors (Lipinski definition) is 1. The van der Waals surface area contributed by atoms with Crippen LogP contribution in [0, 0.1) is 5.92 Å². The van der Waals surface area contributed by atoms with Crippen LogP contribution in [0.1, 0.15) is 47.0 Å². The molecule has 0 aromatic heterocycles. The summed E-state index contributed by atoms with van der Waals surface area (Å²) in [4.78, 5) is 0. The van der Waals surface area contributed by atoms with Crippen LogP contribution in [-0.2, 0) is 9.47 Å². The Kier molecular flexibility index (Phi) is 8.40. The highest BCUT2D eigenvalue weighted by Gasteiger charge is 2.33. The molecule has 1 unspecified atom stereocenters. The van der Waals surface area contributed by atoms with E-state index < -0.39 is 5.79 Å². The molecule has 0 aliphatic rings. The first-order chi connectivity index (χ1) is 10.2. The van der Waals surface area contributed by atoms with Crippen molar-refractivity contribution >= 4 is 5.69 Å². The lowest BCUT2D eigenvalue weighted by molar-refractivity contribution is -0.253. The quantitative estimate of drug-likeness (QED) is 0.474. The van der Waals surface area contributed by atoms with Crippen LogP contribution in [0.3, 0.4) is 0 Å². The van der Waals surface area contributed by atoms with E-state index in [1.807, 2.05) is 19.9 Å². The molecule has 0 amide bonds. The Morgan fingerprint density at radius 3 is 2.19 bits per heavy atom. The lowest BCUT2D eigenvalue weighted by atomic mass is 9.91. The zero-order valence-electron chi connectivity index (χ0n) is 14.0. The Hall–Kier alpha value is -1.06. The summed E-state index contributed by atoms with van der Waals surface area (Å²) in [5, 5.41) is 3.46. The Morgan fingerprint density at radius 2 is 1.67 bits per heavy atom. The number of ether oxygens (including phenoxy) is 2. The SMILES string of the molecule is CCOC(C)(OCC)C(CC)CCCNc1ccccc1. The third-order valence-corrected chi connectivity index (χ3v) is 3.93. The second kappa shape index (κ2) is 9.80. The van der Waals surface area contributed by atoms with Gasteiger partial charge in [0.15, 0.2) is 5.79 Å². The summed E-state index contributed by atoms with van der Waals surface area (Å²) in [5.74, 6) is -0.0275. The molecule has 1 aromatic carbocycles. The summed E-state index contributed by atoms with van der Waals surface area (Å²) in [5.41, 5.74) is 1.18. The van der Waals surface area contributed by atoms with Crippen LogP contribution in [0.25, 0.3) is 0 Å². The zero-order chi connectivity index (χ0) is 15.6. The van der Waals surface area contributed by atoms with Gasteiger partial charge in [0.05, 0.1) is 0 Å². The summed E-state index contributed by atoms with van der Waals surface area (Å²) >= 11 is 0. The van der Waals surface area contributed by atoms with Gasteiger partial charge in [0.2, 0.25) is 0 Å². The molecule has 0 aliphatic heterocycles. The molecule has 0 fully saturated rings. The van der Waals surface area contributed by atoms with Crippen LogP contribution in [-0.4, -0.2) is 25.5 Å². The Balaban J connectivity index is 2.42. The van der Waals surface area contributed by atoms with Gasteiger partial charge in [0, 0.05) is 31.4 Å². The Bertz CT molecular complexity index is 361. The number of rotatable bonds is 11. The van der Waals surface area contributed by atoms with Crippen molar-refractivity contribution in [1.29, 1.82) is 0 Å². The summed E-state index contributed by atoms with van der Waals surface area (Å²) in [7, 11) is 0. The van der Waals surface area contributed by atoms with Gasteiger partial charge in [-0.3, -0.25) is 0 Å². The van der Waals surface area contributed by atoms with Gasteiger partial charge in [-0.25, -0.2) is 0 Å². The van der Waals surface area contributed by atoms with Crippen molar-refractivity contribution in [3.8, 4) is 0 Å². The van der Waals surface area contributed by atoms with Gasteiger partial charge in [0.25, 0.3) is 0 Å². The van der Waals surface area contributed by atoms with Crippen molar-refractivity contribution in [3.63, 3.8) is 0 Å². The number of nitrogens with one attached hydrogen (secondary N) is 1. The molecule has 0 saturated heterocycles. The molecule has 0 spiro atoms. The zero-order valence-corrected chi connectivity index (χ0v) is 14.0. The van der Waals surface area contributed by atoms with E-state index in [0.717, 1.165) is 25.8 Å². The smallest absolute Gasteiger partial charge is 0.168 e. The molecule has 1 atom stereocenters. The molecule has 1 rings (SSSR count). The van der Waals surface area contributed by atoms with E-state index in [1.165, 1.54) is 5.69 Å². The highest BCUT2D eigenvalue weighted by Crippen LogP contribution is 2.30. The van der Waals surface area contributed by atoms with E-state index in [2.05, 4.69) is 43.4 Å². The second-order valence-electron chi connectivity index (χ2n) is 5.42. The molecule has 0 aliphatic carbocycles. The molecule has 3 heteroatoms. The molecule has 120 valence electrons. The van der Waals surface area contributed by atoms with Gasteiger partial charge >= 0.3 is 0 Å². The molecule has 0 heterocycles. The Labute approximate surface area is 130 Å². The molecule has 3 nitrogen and oxygen atoms in total. The summed E-state index contributed by atoms with van der Waals surface area (Å²) in [6.07, 6.45) is 3.29. The molecule has 0 bridgehead atoms. The van der Waals surface area contributed by atoms with E-state index in [9.17, 15) is 0 Å². The fraction of sp³-hybridized carbons (Fsp3) is 0.667. The molecular formula is C18H31NO2. The first-order valence-electron chi connectivity index (χ1n) is 8.23. The minimum absolute atomic E-state index is 0.426. The topological polar surface area (TPSA) is 30.5 Å². The molecule has 21 heavy (non-hydrogen) atoms. The average molecular weight is 293 g/mol. The van der Waals surface area contributed by atoms with Crippen molar-refractivity contribution in [2.24, 2.45) is 5.92 Å². The highest BCUT2D eigenvalue weighted by molar-refractivity contribution is 5.42. The minimum atomic E-state index is -0.453. The molecule has 1 N–H and O–H groups in total. The van der Waals surface area contributed by atoms with E-state index in [4.69, 9.17) is 9.47 Å². The lowest BCUT2D eigenvalue weighted by Crippen LogP contribution is -2.41. The largest absolute Gasteiger partial charge is 0.385 e. The van der Waals surface area contributed by atoms with Crippen molar-refractivity contribution in [2.45, 2.75) is 52.7 Å². The van der Waals surface area contributed by atoms with Crippen LogP contribution in [0.5, 0.6) is 0 Å². The van der Waals surface area contributed by atoms with Gasteiger partial charge in [-0.05, 0) is 52.2 Å². The number of hydrogen-bond acceptors (Lipinski definition) is 3. The first kappa shape index (κ1) is 18.0. The van der Waals surface area contributed by atoms with Crippen LogP contribution in [0.15, 0.2) is 30.3 Å². The summed E-state index contributed by atoms with van der Waals surface area (Å²) in [6.45, 7) is 10.7. The van der Waals surface area contributed by atoms with Crippen molar-refractivity contribution < 1.29 is 9.47 Å². The van der Waals surface area contributed by atoms with E-state index in [1.54, 1.807) is 0 Å². The fourth-order valence-corrected chi connectivity index (χ4v) is 2.82. The van der Waals surface area contributed by atoms with Gasteiger partial charge in [-0.1, -0.05) is 25.1 Å². The third kappa shape index (κ3) is 6.06. The summed E-state index contributed by atoms with van der Waals surface area (Å²) < 4.78 is 11.8. The molecular weight excluding hydrogens is 262 g/mol. The van der Waals surface area contributed by atoms with Crippen LogP contribution in [0.2, 0.25) is 0 Å². The van der Waals surface area contributed by atoms with Crippen molar-refractivity contribution in [3.05, 3.63) is 30.3 Å². The number of para-hydroxylation sites is 1. The van der Waals surface area contributed by atoms with Crippen LogP contribution < -0.4 is 5.32 Å². The van der Waals surface area contributed by atoms with Gasteiger partial charge in [-0.15, -0.1) is 0 Å². The summed E-state index contributed by atoms with van der Waals surface area (Å²) in [6, 6.07) is 10.3. The number of anilines is 1. The molecule has 0 radical (unpaired) electrons. The van der Waals surface area contributed by atoms with Crippen molar-refractivity contribution in [2.75, 3.05) is 25.1 Å². The maximum Gasteiger partial charge on any atom is 0.168 e. The monoisotopic (exact) mass is 293 g/mol. The predicted octanol–water partition coefficient (Wildman–Crippen LogP) is 4.69. The van der Waals surface area contributed by atoms with Crippen LogP contribution in [0.4, 0.5) is 5.69 Å². The average Bonchev–Trinajstić information content (AvgIpc) is 2.48. The van der Waals surface area contributed by atoms with Crippen molar-refractivity contribution in [1.82, 2.24) is 0 Å². The lowest BCUT2D eigenvalue weighted by Gasteiger charge is -2.36. The van der Waals surface area contributed by atoms with E-state index in [0.29, 0.717) is 19.1 Å². The van der Waals surface area contributed by atoms with Gasteiger partial charge in [0.1, 0.15) is 0 Å². The normalized spacial score (nSPS) is 13.1. The van der Waals surface area contributed by atoms with Crippen LogP contribution >= 0.6 is 0 Å². The third-order valence-electron chi connectivity index (χ3n) is 3.93. The Morgan fingerprint density at radius 1 is 1.05 bits per heavy atom. The van der Waals surface area contributed by atoms with Gasteiger partial charge in [-0.2, -0.15) is 0 Å². The second-order valence-corrected chi connectivity index (χ2v) is 5.42. The van der Waals surface area contributed by atoms with E-state index >= 15 is 0 Å². The van der Waals surface area contributed by atoms with E-state index in [-0.39, 0.29) is 0 Å². The molecule has 1 aromatic rings. The molecule has 0 saturated carbocycles. The van der Waals surface area contributed by atoms with Gasteiger partial charge < -0.3 is 14.8 Å². The standard InChI is InChI=1S/C18H31NO2/c1-5-16(18(4,20-6-2)21-7-3)12-11-15-19-17-13-9-8-10-14-17/h8-10,13-14,16,19H,5-7,11-12,15H2,1-4H3. The maximum absolute atomic E-state index is 5.90. The maximum atomic E-state index is 5.90.